The van der Waals surface area contributed by atoms with Crippen molar-refractivity contribution in [2.45, 2.75) is 56.5 Å². The molecule has 30 heavy (non-hydrogen) atoms. The van der Waals surface area contributed by atoms with E-state index in [1.165, 1.54) is 23.9 Å². The Morgan fingerprint density at radius 3 is 2.40 bits per heavy atom. The number of amides is 2. The van der Waals surface area contributed by atoms with Crippen molar-refractivity contribution < 1.29 is 14.0 Å². The Hall–Kier alpha value is -2.34. The summed E-state index contributed by atoms with van der Waals surface area (Å²) in [6.45, 7) is 6.37. The van der Waals surface area contributed by atoms with Crippen LogP contribution in [-0.2, 0) is 10.2 Å². The topological polar surface area (TPSA) is 49.4 Å². The summed E-state index contributed by atoms with van der Waals surface area (Å²) in [6, 6.07) is 13.5. The summed E-state index contributed by atoms with van der Waals surface area (Å²) < 4.78 is 13.9. The first-order valence-corrected chi connectivity index (χ1v) is 11.4. The maximum Gasteiger partial charge on any atom is 0.255 e. The van der Waals surface area contributed by atoms with E-state index in [4.69, 9.17) is 0 Å². The van der Waals surface area contributed by atoms with Gasteiger partial charge in [0.15, 0.2) is 0 Å². The number of hydrogen-bond acceptors (Lipinski definition) is 3. The molecule has 1 N–H and O–H groups in total. The Balaban J connectivity index is 1.65. The summed E-state index contributed by atoms with van der Waals surface area (Å²) >= 11 is 1.50. The Morgan fingerprint density at radius 1 is 1.10 bits per heavy atom. The van der Waals surface area contributed by atoms with E-state index in [-0.39, 0.29) is 29.1 Å². The molecular formula is C24H27FN2O2S. The van der Waals surface area contributed by atoms with Gasteiger partial charge in [0.05, 0.1) is 0 Å². The lowest BCUT2D eigenvalue weighted by Crippen LogP contribution is -2.48. The predicted octanol–water partition coefficient (Wildman–Crippen LogP) is 4.66. The van der Waals surface area contributed by atoms with Crippen molar-refractivity contribution in [1.29, 1.82) is 0 Å². The zero-order valence-corrected chi connectivity index (χ0v) is 18.3. The first-order chi connectivity index (χ1) is 14.2. The number of nitrogens with one attached hydrogen (secondary N) is 1. The van der Waals surface area contributed by atoms with Gasteiger partial charge in [0.2, 0.25) is 5.91 Å². The fourth-order valence-electron chi connectivity index (χ4n) is 3.66. The van der Waals surface area contributed by atoms with Crippen LogP contribution in [0.25, 0.3) is 0 Å². The van der Waals surface area contributed by atoms with Crippen LogP contribution in [0.5, 0.6) is 0 Å². The van der Waals surface area contributed by atoms with Gasteiger partial charge in [-0.15, -0.1) is 11.8 Å². The highest BCUT2D eigenvalue weighted by atomic mass is 32.2. The third kappa shape index (κ3) is 4.38. The molecule has 0 spiro atoms. The highest BCUT2D eigenvalue weighted by Crippen LogP contribution is 2.42. The summed E-state index contributed by atoms with van der Waals surface area (Å²) in [7, 11) is 0. The molecule has 1 heterocycles. The van der Waals surface area contributed by atoms with Gasteiger partial charge in [-0.2, -0.15) is 0 Å². The number of carbonyl (C=O) groups excluding carboxylic acids is 2. The molecule has 6 heteroatoms. The van der Waals surface area contributed by atoms with Crippen molar-refractivity contribution in [3.8, 4) is 0 Å². The molecule has 1 aliphatic heterocycles. The van der Waals surface area contributed by atoms with Crippen molar-refractivity contribution >= 4 is 23.6 Å². The maximum atomic E-state index is 13.9. The second kappa shape index (κ2) is 8.06. The Morgan fingerprint density at radius 2 is 1.80 bits per heavy atom. The van der Waals surface area contributed by atoms with Crippen molar-refractivity contribution in [2.24, 2.45) is 0 Å². The van der Waals surface area contributed by atoms with Crippen LogP contribution in [0.3, 0.4) is 0 Å². The van der Waals surface area contributed by atoms with Gasteiger partial charge in [-0.05, 0) is 53.6 Å². The average molecular weight is 427 g/mol. The second-order valence-corrected chi connectivity index (χ2v) is 10.2. The molecule has 2 fully saturated rings. The third-order valence-corrected chi connectivity index (χ3v) is 6.92. The van der Waals surface area contributed by atoms with Crippen LogP contribution in [-0.4, -0.2) is 34.6 Å². The molecule has 2 aliphatic rings. The molecule has 0 radical (unpaired) electrons. The minimum absolute atomic E-state index is 0.0120. The molecule has 4 nitrogen and oxygen atoms in total. The molecular weight excluding hydrogens is 399 g/mol. The predicted molar refractivity (Wildman–Crippen MR) is 118 cm³/mol. The van der Waals surface area contributed by atoms with Crippen molar-refractivity contribution in [3.63, 3.8) is 0 Å². The normalized spacial score (nSPS) is 21.5. The van der Waals surface area contributed by atoms with Crippen LogP contribution >= 0.6 is 11.8 Å². The van der Waals surface area contributed by atoms with Crippen molar-refractivity contribution in [2.75, 3.05) is 5.75 Å². The Kier molecular flexibility index (Phi) is 5.62. The molecule has 0 aromatic heterocycles. The minimum atomic E-state index is -0.571. The Labute approximate surface area is 181 Å². The van der Waals surface area contributed by atoms with Crippen LogP contribution in [0.1, 0.15) is 60.5 Å². The van der Waals surface area contributed by atoms with Gasteiger partial charge in [0.1, 0.15) is 17.2 Å². The molecule has 2 aromatic carbocycles. The van der Waals surface area contributed by atoms with E-state index in [0.717, 1.165) is 18.4 Å². The molecule has 2 amide bonds. The fourth-order valence-corrected chi connectivity index (χ4v) is 5.08. The molecule has 158 valence electrons. The molecule has 2 aromatic rings. The number of benzene rings is 2. The standard InChI is InChI=1S/C24H27FN2O2S/c1-24(2,3)17-9-7-15(8-10-17)22(29)27-20(21(28)26-19-11-12-19)14-30-23(27)16-5-4-6-18(25)13-16/h4-10,13,19-20,23H,11-12,14H2,1-3H3,(H,26,28)/t20-,23-/m1/s1. The van der Waals surface area contributed by atoms with E-state index in [2.05, 4.69) is 26.1 Å². The molecule has 0 unspecified atom stereocenters. The molecule has 4 rings (SSSR count). The number of rotatable bonds is 4. The molecule has 1 aliphatic carbocycles. The second-order valence-electron chi connectivity index (χ2n) is 9.08. The van der Waals surface area contributed by atoms with Crippen LogP contribution < -0.4 is 5.32 Å². The Bertz CT molecular complexity index is 950. The van der Waals surface area contributed by atoms with Crippen molar-refractivity contribution in [1.82, 2.24) is 10.2 Å². The highest BCUT2D eigenvalue weighted by Gasteiger charge is 2.43. The molecule has 2 atom stereocenters. The number of hydrogen-bond donors (Lipinski definition) is 1. The number of nitrogens with zero attached hydrogens (tertiary/aromatic N) is 1. The zero-order chi connectivity index (χ0) is 21.5. The molecule has 1 saturated heterocycles. The van der Waals surface area contributed by atoms with E-state index in [1.807, 2.05) is 30.3 Å². The first kappa shape index (κ1) is 20.9. The molecule has 1 saturated carbocycles. The summed E-state index contributed by atoms with van der Waals surface area (Å²) in [5.41, 5.74) is 2.36. The summed E-state index contributed by atoms with van der Waals surface area (Å²) in [6.07, 6.45) is 1.97. The smallest absolute Gasteiger partial charge is 0.255 e. The zero-order valence-electron chi connectivity index (χ0n) is 17.5. The summed E-state index contributed by atoms with van der Waals surface area (Å²) in [4.78, 5) is 28.0. The van der Waals surface area contributed by atoms with E-state index in [1.54, 1.807) is 11.0 Å². The van der Waals surface area contributed by atoms with Gasteiger partial charge in [0, 0.05) is 17.4 Å². The lowest BCUT2D eigenvalue weighted by atomic mass is 9.86. The number of thioether (sulfide) groups is 1. The van der Waals surface area contributed by atoms with Crippen LogP contribution in [0.2, 0.25) is 0 Å². The van der Waals surface area contributed by atoms with E-state index in [0.29, 0.717) is 16.9 Å². The third-order valence-electron chi connectivity index (χ3n) is 5.59. The van der Waals surface area contributed by atoms with Gasteiger partial charge >= 0.3 is 0 Å². The SMILES string of the molecule is CC(C)(C)c1ccc(C(=O)N2[C@@H](C(=O)NC3CC3)CS[C@@H]2c2cccc(F)c2)cc1. The largest absolute Gasteiger partial charge is 0.352 e. The lowest BCUT2D eigenvalue weighted by molar-refractivity contribution is -0.125. The van der Waals surface area contributed by atoms with E-state index >= 15 is 0 Å². The summed E-state index contributed by atoms with van der Waals surface area (Å²) in [5.74, 6) is -0.180. The monoisotopic (exact) mass is 426 g/mol. The molecule has 0 bridgehead atoms. The van der Waals surface area contributed by atoms with Crippen LogP contribution in [0.4, 0.5) is 4.39 Å². The fraction of sp³-hybridized carbons (Fsp3) is 0.417. The van der Waals surface area contributed by atoms with Gasteiger partial charge in [0.25, 0.3) is 5.91 Å². The maximum absolute atomic E-state index is 13.9. The number of halogens is 1. The lowest BCUT2D eigenvalue weighted by Gasteiger charge is -2.29. The van der Waals surface area contributed by atoms with Gasteiger partial charge in [-0.3, -0.25) is 9.59 Å². The van der Waals surface area contributed by atoms with Crippen LogP contribution in [0, 0.1) is 5.82 Å². The van der Waals surface area contributed by atoms with Gasteiger partial charge in [-0.1, -0.05) is 45.0 Å². The van der Waals surface area contributed by atoms with E-state index < -0.39 is 11.4 Å². The van der Waals surface area contributed by atoms with E-state index in [9.17, 15) is 14.0 Å². The van der Waals surface area contributed by atoms with Crippen LogP contribution in [0.15, 0.2) is 48.5 Å². The average Bonchev–Trinajstić information content (AvgIpc) is 3.40. The highest BCUT2D eigenvalue weighted by molar-refractivity contribution is 7.99. The summed E-state index contributed by atoms with van der Waals surface area (Å²) in [5, 5.41) is 2.63. The number of carbonyl (C=O) groups is 2. The van der Waals surface area contributed by atoms with Gasteiger partial charge in [-0.25, -0.2) is 4.39 Å². The van der Waals surface area contributed by atoms with Gasteiger partial charge < -0.3 is 10.2 Å². The quantitative estimate of drug-likeness (QED) is 0.774. The van der Waals surface area contributed by atoms with Crippen molar-refractivity contribution in [3.05, 3.63) is 71.0 Å². The first-order valence-electron chi connectivity index (χ1n) is 10.3. The minimum Gasteiger partial charge on any atom is -0.352 e.